The number of rotatable bonds is 14. The Morgan fingerprint density at radius 1 is 0.925 bits per heavy atom. The van der Waals surface area contributed by atoms with E-state index in [1.54, 1.807) is 11.5 Å². The van der Waals surface area contributed by atoms with E-state index in [2.05, 4.69) is 0 Å². The zero-order valence-electron chi connectivity index (χ0n) is 22.7. The minimum atomic E-state index is -3.92. The van der Waals surface area contributed by atoms with Gasteiger partial charge in [-0.25, -0.2) is 13.9 Å². The standard InChI is InChI=1S/C31H37NO7S/c1-37-29-19-18-28(21-30(29)39-26-17-16-25(20-26)38-24-13-6-3-7-14-24)40(35,36)27(22-31(33)32-34)15-9-8-12-23-10-4-2-5-11-23/h2-7,10-11,13-14,18-19,21,25-27,34H,8-9,12,15-17,20,22H2,1H3,(H,32,33). The van der Waals surface area contributed by atoms with Crippen molar-refractivity contribution in [1.29, 1.82) is 0 Å². The summed E-state index contributed by atoms with van der Waals surface area (Å²) in [6, 6.07) is 24.1. The van der Waals surface area contributed by atoms with Gasteiger partial charge in [0.1, 0.15) is 18.0 Å². The first-order valence-electron chi connectivity index (χ1n) is 13.7. The SMILES string of the molecule is COc1ccc(S(=O)(=O)C(CCCCc2ccccc2)CC(=O)NO)cc1OC1CCC(Oc2ccccc2)C1. The van der Waals surface area contributed by atoms with Gasteiger partial charge in [0, 0.05) is 18.9 Å². The van der Waals surface area contributed by atoms with E-state index in [4.69, 9.17) is 19.4 Å². The molecule has 0 radical (unpaired) electrons. The number of hydroxylamine groups is 1. The minimum Gasteiger partial charge on any atom is -0.493 e. The van der Waals surface area contributed by atoms with Crippen LogP contribution in [0.15, 0.2) is 83.8 Å². The lowest BCUT2D eigenvalue weighted by Gasteiger charge is -2.20. The molecule has 0 aromatic heterocycles. The number of aryl methyl sites for hydroxylation is 1. The molecule has 40 heavy (non-hydrogen) atoms. The number of hydrogen-bond donors (Lipinski definition) is 2. The molecule has 0 bridgehead atoms. The molecule has 1 aliphatic rings. The molecular formula is C31H37NO7S. The van der Waals surface area contributed by atoms with Crippen molar-refractivity contribution < 1.29 is 32.6 Å². The van der Waals surface area contributed by atoms with Crippen molar-refractivity contribution in [2.45, 2.75) is 73.7 Å². The summed E-state index contributed by atoms with van der Waals surface area (Å²) in [4.78, 5) is 12.1. The lowest BCUT2D eigenvalue weighted by molar-refractivity contribution is -0.129. The van der Waals surface area contributed by atoms with Gasteiger partial charge in [-0.1, -0.05) is 55.0 Å². The van der Waals surface area contributed by atoms with Crippen molar-refractivity contribution in [3.05, 3.63) is 84.4 Å². The predicted molar refractivity (Wildman–Crippen MR) is 152 cm³/mol. The number of carbonyl (C=O) groups excluding carboxylic acids is 1. The summed E-state index contributed by atoms with van der Waals surface area (Å²) in [5.41, 5.74) is 2.75. The molecule has 9 heteroatoms. The summed E-state index contributed by atoms with van der Waals surface area (Å²) in [5, 5.41) is 8.09. The normalized spacial score (nSPS) is 17.6. The van der Waals surface area contributed by atoms with Crippen LogP contribution >= 0.6 is 0 Å². The Hall–Kier alpha value is -3.56. The van der Waals surface area contributed by atoms with Gasteiger partial charge in [-0.05, 0) is 61.9 Å². The van der Waals surface area contributed by atoms with Gasteiger partial charge < -0.3 is 14.2 Å². The van der Waals surface area contributed by atoms with Gasteiger partial charge in [-0.3, -0.25) is 10.0 Å². The third kappa shape index (κ3) is 7.99. The van der Waals surface area contributed by atoms with E-state index >= 15 is 0 Å². The summed E-state index contributed by atoms with van der Waals surface area (Å²) in [7, 11) is -2.41. The average Bonchev–Trinajstić information content (AvgIpc) is 3.41. The Balaban J connectivity index is 1.44. The maximum atomic E-state index is 13.7. The molecule has 8 nitrogen and oxygen atoms in total. The van der Waals surface area contributed by atoms with Crippen molar-refractivity contribution in [2.24, 2.45) is 0 Å². The smallest absolute Gasteiger partial charge is 0.244 e. The van der Waals surface area contributed by atoms with Crippen LogP contribution in [0.2, 0.25) is 0 Å². The molecule has 3 unspecified atom stereocenters. The van der Waals surface area contributed by atoms with E-state index < -0.39 is 21.0 Å². The van der Waals surface area contributed by atoms with E-state index in [1.165, 1.54) is 24.8 Å². The van der Waals surface area contributed by atoms with E-state index in [0.29, 0.717) is 24.3 Å². The second-order valence-corrected chi connectivity index (χ2v) is 12.3. The van der Waals surface area contributed by atoms with Gasteiger partial charge in [0.15, 0.2) is 21.3 Å². The van der Waals surface area contributed by atoms with Gasteiger partial charge in [0.25, 0.3) is 0 Å². The summed E-state index contributed by atoms with van der Waals surface area (Å²) in [5.74, 6) is 0.833. The van der Waals surface area contributed by atoms with Crippen LogP contribution in [0, 0.1) is 0 Å². The Morgan fingerprint density at radius 3 is 2.27 bits per heavy atom. The first-order valence-corrected chi connectivity index (χ1v) is 15.2. The highest BCUT2D eigenvalue weighted by molar-refractivity contribution is 7.92. The highest BCUT2D eigenvalue weighted by atomic mass is 32.2. The first-order chi connectivity index (χ1) is 19.4. The summed E-state index contributed by atoms with van der Waals surface area (Å²) < 4.78 is 45.2. The van der Waals surface area contributed by atoms with Crippen molar-refractivity contribution in [3.63, 3.8) is 0 Å². The summed E-state index contributed by atoms with van der Waals surface area (Å²) in [6.07, 6.45) is 4.24. The maximum Gasteiger partial charge on any atom is 0.244 e. The molecule has 0 spiro atoms. The molecule has 0 heterocycles. The number of methoxy groups -OCH3 is 1. The van der Waals surface area contributed by atoms with Crippen molar-refractivity contribution in [2.75, 3.05) is 7.11 Å². The van der Waals surface area contributed by atoms with Gasteiger partial charge in [0.05, 0.1) is 17.3 Å². The second-order valence-electron chi connectivity index (χ2n) is 10.1. The fourth-order valence-corrected chi connectivity index (χ4v) is 6.83. The van der Waals surface area contributed by atoms with Crippen LogP contribution in [-0.4, -0.2) is 44.1 Å². The van der Waals surface area contributed by atoms with Crippen LogP contribution in [0.4, 0.5) is 0 Å². The summed E-state index contributed by atoms with van der Waals surface area (Å²) in [6.45, 7) is 0. The van der Waals surface area contributed by atoms with Crippen LogP contribution in [0.25, 0.3) is 0 Å². The number of sulfone groups is 1. The molecule has 1 fully saturated rings. The number of nitrogens with one attached hydrogen (secondary N) is 1. The third-order valence-electron chi connectivity index (χ3n) is 7.20. The fraction of sp³-hybridized carbons (Fsp3) is 0.387. The molecule has 1 aliphatic carbocycles. The lowest BCUT2D eigenvalue weighted by Crippen LogP contribution is -2.30. The molecule has 1 amide bonds. The van der Waals surface area contributed by atoms with Crippen molar-refractivity contribution in [3.8, 4) is 17.2 Å². The molecular weight excluding hydrogens is 530 g/mol. The van der Waals surface area contributed by atoms with Gasteiger partial charge in [-0.2, -0.15) is 0 Å². The number of benzene rings is 3. The molecule has 3 atom stereocenters. The highest BCUT2D eigenvalue weighted by Gasteiger charge is 2.32. The van der Waals surface area contributed by atoms with Gasteiger partial charge in [-0.15, -0.1) is 0 Å². The number of carbonyl (C=O) groups is 1. The average molecular weight is 568 g/mol. The maximum absolute atomic E-state index is 13.7. The van der Waals surface area contributed by atoms with E-state index in [9.17, 15) is 13.2 Å². The fourth-order valence-electron chi connectivity index (χ4n) is 5.07. The van der Waals surface area contributed by atoms with E-state index in [-0.39, 0.29) is 29.9 Å². The topological polar surface area (TPSA) is 111 Å². The van der Waals surface area contributed by atoms with Crippen LogP contribution in [-0.2, 0) is 21.1 Å². The quantitative estimate of drug-likeness (QED) is 0.150. The Labute approximate surface area is 236 Å². The number of ether oxygens (including phenoxy) is 3. The Kier molecular flexibility index (Phi) is 10.4. The molecule has 1 saturated carbocycles. The van der Waals surface area contributed by atoms with Crippen LogP contribution in [0.3, 0.4) is 0 Å². The summed E-state index contributed by atoms with van der Waals surface area (Å²) >= 11 is 0. The highest BCUT2D eigenvalue weighted by Crippen LogP contribution is 2.36. The minimum absolute atomic E-state index is 0.00238. The van der Waals surface area contributed by atoms with E-state index in [0.717, 1.165) is 31.4 Å². The number of amides is 1. The molecule has 0 aliphatic heterocycles. The molecule has 214 valence electrons. The number of hydrogen-bond acceptors (Lipinski definition) is 7. The van der Waals surface area contributed by atoms with E-state index in [1.807, 2.05) is 60.7 Å². The molecule has 2 N–H and O–H groups in total. The van der Waals surface area contributed by atoms with Gasteiger partial charge in [0.2, 0.25) is 5.91 Å². The zero-order valence-corrected chi connectivity index (χ0v) is 23.5. The third-order valence-corrected chi connectivity index (χ3v) is 9.39. The number of unbranched alkanes of at least 4 members (excludes halogenated alkanes) is 1. The first kappa shape index (κ1) is 29.4. The molecule has 0 saturated heterocycles. The van der Waals surface area contributed by atoms with Gasteiger partial charge >= 0.3 is 0 Å². The second kappa shape index (κ2) is 14.2. The van der Waals surface area contributed by atoms with Crippen molar-refractivity contribution >= 4 is 15.7 Å². The molecule has 3 aromatic rings. The molecule has 4 rings (SSSR count). The van der Waals surface area contributed by atoms with Crippen LogP contribution < -0.4 is 19.7 Å². The monoisotopic (exact) mass is 567 g/mol. The Bertz CT molecular complexity index is 1330. The lowest BCUT2D eigenvalue weighted by atomic mass is 10.1. The number of para-hydroxylation sites is 1. The molecule has 3 aromatic carbocycles. The predicted octanol–water partition coefficient (Wildman–Crippen LogP) is 5.52. The van der Waals surface area contributed by atoms with Crippen LogP contribution in [0.1, 0.15) is 50.5 Å². The van der Waals surface area contributed by atoms with Crippen molar-refractivity contribution in [1.82, 2.24) is 5.48 Å². The zero-order chi connectivity index (χ0) is 28.4. The van der Waals surface area contributed by atoms with Crippen LogP contribution in [0.5, 0.6) is 17.2 Å². The largest absolute Gasteiger partial charge is 0.493 e. The Morgan fingerprint density at radius 2 is 1.60 bits per heavy atom.